The lowest BCUT2D eigenvalue weighted by Crippen LogP contribution is -2.15. The Morgan fingerprint density at radius 3 is 2.11 bits per heavy atom. The number of halogens is 3. The fourth-order valence-electron chi connectivity index (χ4n) is 5.85. The van der Waals surface area contributed by atoms with Gasteiger partial charge in [0.05, 0.1) is 7.11 Å². The van der Waals surface area contributed by atoms with Crippen LogP contribution in [0.25, 0.3) is 21.9 Å². The molecule has 0 radical (unpaired) electrons. The lowest BCUT2D eigenvalue weighted by atomic mass is 9.77. The molecule has 1 fully saturated rings. The minimum Gasteiger partial charge on any atom is -0.491 e. The van der Waals surface area contributed by atoms with E-state index in [-0.39, 0.29) is 11.1 Å². The van der Waals surface area contributed by atoms with E-state index in [1.54, 1.807) is 12.1 Å². The summed E-state index contributed by atoms with van der Waals surface area (Å²) in [7, 11) is 1.21. The molecule has 1 aliphatic carbocycles. The van der Waals surface area contributed by atoms with Crippen LogP contribution >= 0.6 is 0 Å². The van der Waals surface area contributed by atoms with Crippen LogP contribution in [0.5, 0.6) is 5.75 Å². The second-order valence-corrected chi connectivity index (χ2v) is 10.6. The average molecular weight is 497 g/mol. The summed E-state index contributed by atoms with van der Waals surface area (Å²) in [6, 6.07) is 11.5. The van der Waals surface area contributed by atoms with Crippen molar-refractivity contribution in [2.45, 2.75) is 84.0 Å². The van der Waals surface area contributed by atoms with Crippen LogP contribution in [0.2, 0.25) is 0 Å². The third-order valence-electron chi connectivity index (χ3n) is 8.06. The summed E-state index contributed by atoms with van der Waals surface area (Å²) >= 11 is 0. The molecule has 1 aliphatic rings. The predicted molar refractivity (Wildman–Crippen MR) is 143 cm³/mol. The number of unbranched alkanes of at least 4 members (excludes halogenated alkanes) is 4. The van der Waals surface area contributed by atoms with Crippen LogP contribution in [0.3, 0.4) is 0 Å². The van der Waals surface area contributed by atoms with Crippen molar-refractivity contribution in [1.29, 1.82) is 0 Å². The minimum atomic E-state index is -0.844. The lowest BCUT2D eigenvalue weighted by Gasteiger charge is -2.28. The van der Waals surface area contributed by atoms with Gasteiger partial charge in [-0.15, -0.1) is 0 Å². The Hall–Kier alpha value is -2.49. The molecular formula is C32H39F3O. The molecule has 36 heavy (non-hydrogen) atoms. The van der Waals surface area contributed by atoms with Crippen LogP contribution in [0.4, 0.5) is 13.2 Å². The Labute approximate surface area is 214 Å². The quantitative estimate of drug-likeness (QED) is 0.240. The number of methoxy groups -OCH3 is 1. The summed E-state index contributed by atoms with van der Waals surface area (Å²) < 4.78 is 48.4. The van der Waals surface area contributed by atoms with Crippen molar-refractivity contribution in [3.63, 3.8) is 0 Å². The Balaban J connectivity index is 1.34. The molecule has 1 nitrogen and oxygen atoms in total. The van der Waals surface area contributed by atoms with Gasteiger partial charge < -0.3 is 4.74 Å². The number of benzene rings is 3. The largest absolute Gasteiger partial charge is 0.491 e. The Kier molecular flexibility index (Phi) is 9.34. The van der Waals surface area contributed by atoms with Gasteiger partial charge >= 0.3 is 0 Å². The van der Waals surface area contributed by atoms with E-state index in [0.29, 0.717) is 5.39 Å². The van der Waals surface area contributed by atoms with E-state index in [1.807, 2.05) is 12.1 Å². The second kappa shape index (κ2) is 12.7. The number of aryl methyl sites for hydroxylation is 1. The van der Waals surface area contributed by atoms with Crippen molar-refractivity contribution in [2.75, 3.05) is 7.11 Å². The highest BCUT2D eigenvalue weighted by molar-refractivity contribution is 5.88. The Morgan fingerprint density at radius 2 is 1.44 bits per heavy atom. The molecule has 3 aromatic rings. The number of ether oxygens (including phenoxy) is 1. The molecule has 0 aliphatic heterocycles. The predicted octanol–water partition coefficient (Wildman–Crippen LogP) is 10.0. The van der Waals surface area contributed by atoms with Gasteiger partial charge in [-0.25, -0.2) is 13.2 Å². The summed E-state index contributed by atoms with van der Waals surface area (Å²) in [5, 5.41) is 1.28. The SMILES string of the molecule is CCCCCCCC1CCC(CCc2ccc3c(F)c(-c4cc(F)c(OC)c(F)c4)ccc3c2)CC1. The number of hydrogen-bond donors (Lipinski definition) is 0. The molecular weight excluding hydrogens is 457 g/mol. The average Bonchev–Trinajstić information content (AvgIpc) is 2.88. The fraction of sp³-hybridized carbons (Fsp3) is 0.500. The molecule has 1 saturated carbocycles. The van der Waals surface area contributed by atoms with E-state index >= 15 is 4.39 Å². The van der Waals surface area contributed by atoms with Crippen molar-refractivity contribution < 1.29 is 17.9 Å². The molecule has 0 heterocycles. The van der Waals surface area contributed by atoms with Gasteiger partial charge in [0.25, 0.3) is 0 Å². The first kappa shape index (κ1) is 26.6. The van der Waals surface area contributed by atoms with E-state index in [1.165, 1.54) is 83.3 Å². The topological polar surface area (TPSA) is 9.23 Å². The zero-order chi connectivity index (χ0) is 25.5. The monoisotopic (exact) mass is 496 g/mol. The van der Waals surface area contributed by atoms with E-state index in [9.17, 15) is 8.78 Å². The highest BCUT2D eigenvalue weighted by Crippen LogP contribution is 2.36. The summed E-state index contributed by atoms with van der Waals surface area (Å²) in [5.74, 6) is -0.896. The van der Waals surface area contributed by atoms with Crippen molar-refractivity contribution in [3.05, 3.63) is 65.5 Å². The van der Waals surface area contributed by atoms with Gasteiger partial charge in [-0.2, -0.15) is 0 Å². The fourth-order valence-corrected chi connectivity index (χ4v) is 5.85. The summed E-state index contributed by atoms with van der Waals surface area (Å²) in [6.45, 7) is 2.27. The van der Waals surface area contributed by atoms with Gasteiger partial charge in [0.1, 0.15) is 5.82 Å². The smallest absolute Gasteiger partial charge is 0.190 e. The molecule has 0 bridgehead atoms. The highest BCUT2D eigenvalue weighted by Gasteiger charge is 2.21. The molecule has 0 spiro atoms. The molecule has 0 amide bonds. The van der Waals surface area contributed by atoms with Gasteiger partial charge in [-0.05, 0) is 53.3 Å². The molecule has 0 unspecified atom stereocenters. The Bertz CT molecular complexity index is 1120. The molecule has 0 saturated heterocycles. The maximum Gasteiger partial charge on any atom is 0.190 e. The van der Waals surface area contributed by atoms with Crippen LogP contribution in [0.1, 0.15) is 83.1 Å². The van der Waals surface area contributed by atoms with Crippen molar-refractivity contribution in [1.82, 2.24) is 0 Å². The van der Waals surface area contributed by atoms with Crippen LogP contribution in [-0.2, 0) is 6.42 Å². The maximum absolute atomic E-state index is 15.3. The van der Waals surface area contributed by atoms with Crippen molar-refractivity contribution >= 4 is 10.8 Å². The van der Waals surface area contributed by atoms with Gasteiger partial charge in [-0.3, -0.25) is 0 Å². The molecule has 3 aromatic carbocycles. The van der Waals surface area contributed by atoms with E-state index in [2.05, 4.69) is 13.0 Å². The maximum atomic E-state index is 15.3. The van der Waals surface area contributed by atoms with E-state index in [0.717, 1.165) is 35.8 Å². The van der Waals surface area contributed by atoms with Gasteiger partial charge in [0, 0.05) is 10.9 Å². The van der Waals surface area contributed by atoms with Gasteiger partial charge in [0.15, 0.2) is 17.4 Å². The minimum absolute atomic E-state index is 0.158. The molecule has 0 aromatic heterocycles. The first-order chi connectivity index (χ1) is 17.5. The molecule has 4 rings (SSSR count). The molecule has 194 valence electrons. The highest BCUT2D eigenvalue weighted by atomic mass is 19.1. The van der Waals surface area contributed by atoms with Gasteiger partial charge in [0.2, 0.25) is 0 Å². The molecule has 4 heteroatoms. The van der Waals surface area contributed by atoms with Gasteiger partial charge in [-0.1, -0.05) is 101 Å². The summed E-state index contributed by atoms with van der Waals surface area (Å²) in [5.41, 5.74) is 1.55. The Morgan fingerprint density at radius 1 is 0.778 bits per heavy atom. The molecule has 0 N–H and O–H groups in total. The zero-order valence-corrected chi connectivity index (χ0v) is 21.7. The number of fused-ring (bicyclic) bond motifs is 1. The summed E-state index contributed by atoms with van der Waals surface area (Å²) in [4.78, 5) is 0. The number of rotatable bonds is 11. The van der Waals surface area contributed by atoms with Crippen LogP contribution < -0.4 is 4.74 Å². The third kappa shape index (κ3) is 6.44. The summed E-state index contributed by atoms with van der Waals surface area (Å²) in [6.07, 6.45) is 15.9. The third-order valence-corrected chi connectivity index (χ3v) is 8.06. The first-order valence-corrected chi connectivity index (χ1v) is 13.7. The van der Waals surface area contributed by atoms with Crippen LogP contribution in [0.15, 0.2) is 42.5 Å². The molecule has 0 atom stereocenters. The number of hydrogen-bond acceptors (Lipinski definition) is 1. The van der Waals surface area contributed by atoms with Crippen molar-refractivity contribution in [3.8, 4) is 16.9 Å². The van der Waals surface area contributed by atoms with E-state index in [4.69, 9.17) is 4.74 Å². The lowest BCUT2D eigenvalue weighted by molar-refractivity contribution is 0.249. The normalized spacial score (nSPS) is 18.0. The standard InChI is InChI=1S/C32H39F3O/c1-3-4-5-6-7-8-22-9-11-23(12-10-22)13-14-24-15-17-27-25(19-24)16-18-28(31(27)35)26-20-29(33)32(36-2)30(34)21-26/h15-23H,3-14H2,1-2H3. The van der Waals surface area contributed by atoms with Crippen molar-refractivity contribution in [2.24, 2.45) is 11.8 Å². The van der Waals surface area contributed by atoms with E-state index < -0.39 is 23.2 Å². The van der Waals surface area contributed by atoms with Crippen LogP contribution in [-0.4, -0.2) is 7.11 Å². The second-order valence-electron chi connectivity index (χ2n) is 10.6. The van der Waals surface area contributed by atoms with Crippen LogP contribution in [0, 0.1) is 29.3 Å². The first-order valence-electron chi connectivity index (χ1n) is 13.7. The zero-order valence-electron chi connectivity index (χ0n) is 21.7.